The van der Waals surface area contributed by atoms with Crippen LogP contribution in [-0.4, -0.2) is 14.8 Å². The van der Waals surface area contributed by atoms with Crippen LogP contribution in [0.5, 0.6) is 0 Å². The first-order chi connectivity index (χ1) is 6.70. The smallest absolute Gasteiger partial charge is 0.210 e. The molecule has 0 aromatic carbocycles. The monoisotopic (exact) mass is 204 g/mol. The number of aryl methyl sites for hydroxylation is 2. The van der Waals surface area contributed by atoms with Crippen molar-refractivity contribution in [1.82, 2.24) is 14.8 Å². The molecule has 0 aliphatic heterocycles. The molecule has 14 heavy (non-hydrogen) atoms. The van der Waals surface area contributed by atoms with Gasteiger partial charge in [0.2, 0.25) is 5.13 Å². The number of nitriles is 1. The van der Waals surface area contributed by atoms with E-state index in [4.69, 9.17) is 5.26 Å². The second-order valence-corrected chi connectivity index (χ2v) is 4.11. The van der Waals surface area contributed by atoms with Gasteiger partial charge in [0.15, 0.2) is 0 Å². The second-order valence-electron chi connectivity index (χ2n) is 2.92. The van der Waals surface area contributed by atoms with Crippen LogP contribution >= 0.6 is 11.3 Å². The lowest BCUT2D eigenvalue weighted by molar-refractivity contribution is 0.865. The molecule has 2 rings (SSSR count). The average molecular weight is 204 g/mol. The van der Waals surface area contributed by atoms with E-state index in [1.54, 1.807) is 22.2 Å². The van der Waals surface area contributed by atoms with E-state index in [1.807, 2.05) is 19.9 Å². The predicted octanol–water partition coefficient (Wildman–Crippen LogP) is 1.82. The lowest BCUT2D eigenvalue weighted by atomic mass is 10.4. The summed E-state index contributed by atoms with van der Waals surface area (Å²) in [6.45, 7) is 3.98. The first kappa shape index (κ1) is 8.91. The zero-order chi connectivity index (χ0) is 10.1. The van der Waals surface area contributed by atoms with Gasteiger partial charge >= 0.3 is 0 Å². The zero-order valence-electron chi connectivity index (χ0n) is 7.85. The van der Waals surface area contributed by atoms with Crippen LogP contribution < -0.4 is 0 Å². The van der Waals surface area contributed by atoms with E-state index < -0.39 is 0 Å². The van der Waals surface area contributed by atoms with E-state index in [-0.39, 0.29) is 0 Å². The highest BCUT2D eigenvalue weighted by Crippen LogP contribution is 2.19. The summed E-state index contributed by atoms with van der Waals surface area (Å²) < 4.78 is 1.63. The topological polar surface area (TPSA) is 54.5 Å². The standard InChI is InChI=1S/C9H8N4S/c1-6-7(2)14-9(12-6)13-5-8(3-10)4-11-13/h4-5H,1-2H3. The Labute approximate surface area is 85.4 Å². The molecule has 2 aromatic rings. The fourth-order valence-corrected chi connectivity index (χ4v) is 1.88. The summed E-state index contributed by atoms with van der Waals surface area (Å²) in [6, 6.07) is 2.03. The van der Waals surface area contributed by atoms with Gasteiger partial charge in [0.1, 0.15) is 6.07 Å². The van der Waals surface area contributed by atoms with Gasteiger partial charge in [0, 0.05) is 4.88 Å². The zero-order valence-corrected chi connectivity index (χ0v) is 8.67. The van der Waals surface area contributed by atoms with Crippen LogP contribution in [0.1, 0.15) is 16.1 Å². The minimum atomic E-state index is 0.551. The summed E-state index contributed by atoms with van der Waals surface area (Å²) in [7, 11) is 0. The van der Waals surface area contributed by atoms with Crippen LogP contribution in [0.3, 0.4) is 0 Å². The third-order valence-corrected chi connectivity index (χ3v) is 2.99. The molecule has 0 N–H and O–H groups in total. The van der Waals surface area contributed by atoms with Crippen LogP contribution in [0.4, 0.5) is 0 Å². The Morgan fingerprint density at radius 3 is 2.79 bits per heavy atom. The van der Waals surface area contributed by atoms with E-state index >= 15 is 0 Å². The van der Waals surface area contributed by atoms with Gasteiger partial charge in [-0.25, -0.2) is 9.67 Å². The van der Waals surface area contributed by atoms with Gasteiger partial charge in [0.25, 0.3) is 0 Å². The molecule has 0 bridgehead atoms. The molecule has 0 saturated heterocycles. The fraction of sp³-hybridized carbons (Fsp3) is 0.222. The van der Waals surface area contributed by atoms with Gasteiger partial charge in [0.05, 0.1) is 23.7 Å². The Morgan fingerprint density at radius 1 is 1.50 bits per heavy atom. The summed E-state index contributed by atoms with van der Waals surface area (Å²) in [5.74, 6) is 0. The molecule has 2 heterocycles. The first-order valence-corrected chi connectivity index (χ1v) is 4.91. The number of nitrogens with zero attached hydrogens (tertiary/aromatic N) is 4. The number of aromatic nitrogens is 3. The molecule has 5 heteroatoms. The van der Waals surface area contributed by atoms with Crippen molar-refractivity contribution in [1.29, 1.82) is 5.26 Å². The SMILES string of the molecule is Cc1nc(-n2cc(C#N)cn2)sc1C. The van der Waals surface area contributed by atoms with Crippen LogP contribution in [-0.2, 0) is 0 Å². The molecule has 0 aliphatic rings. The summed E-state index contributed by atoms with van der Waals surface area (Å²) in [5.41, 5.74) is 1.56. The fourth-order valence-electron chi connectivity index (χ4n) is 1.04. The van der Waals surface area contributed by atoms with Crippen LogP contribution in [0, 0.1) is 25.2 Å². The van der Waals surface area contributed by atoms with Crippen LogP contribution in [0.15, 0.2) is 12.4 Å². The van der Waals surface area contributed by atoms with Gasteiger partial charge < -0.3 is 0 Å². The molecule has 0 fully saturated rings. The minimum absolute atomic E-state index is 0.551. The van der Waals surface area contributed by atoms with E-state index in [1.165, 1.54) is 11.1 Å². The molecule has 2 aromatic heterocycles. The molecule has 0 spiro atoms. The maximum absolute atomic E-state index is 8.64. The van der Waals surface area contributed by atoms with Crippen molar-refractivity contribution >= 4 is 11.3 Å². The van der Waals surface area contributed by atoms with E-state index in [0.29, 0.717) is 5.56 Å². The summed E-state index contributed by atoms with van der Waals surface area (Å²) in [4.78, 5) is 5.51. The number of hydrogen-bond acceptors (Lipinski definition) is 4. The first-order valence-electron chi connectivity index (χ1n) is 4.10. The minimum Gasteiger partial charge on any atom is -0.223 e. The van der Waals surface area contributed by atoms with Crippen molar-refractivity contribution < 1.29 is 0 Å². The van der Waals surface area contributed by atoms with Crippen molar-refractivity contribution in [2.75, 3.05) is 0 Å². The van der Waals surface area contributed by atoms with Crippen molar-refractivity contribution in [3.8, 4) is 11.2 Å². The summed E-state index contributed by atoms with van der Waals surface area (Å²) in [5, 5.41) is 13.5. The number of hydrogen-bond donors (Lipinski definition) is 0. The summed E-state index contributed by atoms with van der Waals surface area (Å²) in [6.07, 6.45) is 3.21. The predicted molar refractivity (Wildman–Crippen MR) is 53.4 cm³/mol. The number of rotatable bonds is 1. The van der Waals surface area contributed by atoms with Gasteiger partial charge in [-0.15, -0.1) is 0 Å². The third-order valence-electron chi connectivity index (χ3n) is 1.92. The Hall–Kier alpha value is -1.67. The molecule has 0 amide bonds. The summed E-state index contributed by atoms with van der Waals surface area (Å²) >= 11 is 1.57. The van der Waals surface area contributed by atoms with Crippen LogP contribution in [0.25, 0.3) is 5.13 Å². The Balaban J connectivity index is 2.45. The van der Waals surface area contributed by atoms with E-state index in [0.717, 1.165) is 10.8 Å². The van der Waals surface area contributed by atoms with E-state index in [9.17, 15) is 0 Å². The maximum Gasteiger partial charge on any atom is 0.210 e. The maximum atomic E-state index is 8.64. The Morgan fingerprint density at radius 2 is 2.29 bits per heavy atom. The molecule has 0 saturated carbocycles. The average Bonchev–Trinajstić information content (AvgIpc) is 2.74. The third kappa shape index (κ3) is 1.40. The molecule has 0 radical (unpaired) electrons. The highest BCUT2D eigenvalue weighted by Gasteiger charge is 2.06. The molecule has 0 aliphatic carbocycles. The Bertz CT molecular complexity index is 484. The number of thiazole rings is 1. The molecule has 4 nitrogen and oxygen atoms in total. The van der Waals surface area contributed by atoms with Crippen molar-refractivity contribution in [3.05, 3.63) is 28.5 Å². The van der Waals surface area contributed by atoms with Gasteiger partial charge in [-0.2, -0.15) is 10.4 Å². The quantitative estimate of drug-likeness (QED) is 0.712. The van der Waals surface area contributed by atoms with Gasteiger partial charge in [-0.3, -0.25) is 0 Å². The van der Waals surface area contributed by atoms with Crippen LogP contribution in [0.2, 0.25) is 0 Å². The second kappa shape index (κ2) is 3.24. The molecular formula is C9H8N4S. The van der Waals surface area contributed by atoms with Crippen molar-refractivity contribution in [3.63, 3.8) is 0 Å². The van der Waals surface area contributed by atoms with E-state index in [2.05, 4.69) is 10.1 Å². The molecule has 0 unspecified atom stereocenters. The lowest BCUT2D eigenvalue weighted by Gasteiger charge is -1.90. The highest BCUT2D eigenvalue weighted by molar-refractivity contribution is 7.14. The highest BCUT2D eigenvalue weighted by atomic mass is 32.1. The molecule has 70 valence electrons. The van der Waals surface area contributed by atoms with Gasteiger partial charge in [-0.1, -0.05) is 11.3 Å². The molecule has 0 atom stereocenters. The van der Waals surface area contributed by atoms with Gasteiger partial charge in [-0.05, 0) is 13.8 Å². The largest absolute Gasteiger partial charge is 0.223 e. The molecular weight excluding hydrogens is 196 g/mol. The lowest BCUT2D eigenvalue weighted by Crippen LogP contribution is -1.92. The normalized spacial score (nSPS) is 10.1. The van der Waals surface area contributed by atoms with Crippen molar-refractivity contribution in [2.24, 2.45) is 0 Å². The Kier molecular flexibility index (Phi) is 2.06. The van der Waals surface area contributed by atoms with Crippen molar-refractivity contribution in [2.45, 2.75) is 13.8 Å².